The molecule has 2 aromatic carbocycles. The number of anilines is 1. The van der Waals surface area contributed by atoms with E-state index in [2.05, 4.69) is 5.32 Å². The van der Waals surface area contributed by atoms with Crippen LogP contribution in [0.2, 0.25) is 0 Å². The second-order valence-electron chi connectivity index (χ2n) is 10.6. The minimum absolute atomic E-state index is 0.0398. The van der Waals surface area contributed by atoms with Gasteiger partial charge in [0.15, 0.2) is 6.29 Å². The van der Waals surface area contributed by atoms with Crippen LogP contribution in [0.1, 0.15) is 37.7 Å². The first-order chi connectivity index (χ1) is 19.3. The minimum atomic E-state index is -4.17. The molecule has 12 heteroatoms. The van der Waals surface area contributed by atoms with Gasteiger partial charge < -0.3 is 30.4 Å². The molecule has 3 aliphatic rings. The summed E-state index contributed by atoms with van der Waals surface area (Å²) in [5.74, 6) is -0.0398. The topological polar surface area (TPSA) is 150 Å². The summed E-state index contributed by atoms with van der Waals surface area (Å²) in [6, 6.07) is 14.4. The molecule has 5 atom stereocenters. The maximum absolute atomic E-state index is 13.6. The number of carbonyl (C=O) groups excluding carboxylic acids is 1. The molecule has 2 aromatic rings. The Hall–Kier alpha value is -2.74. The van der Waals surface area contributed by atoms with Crippen LogP contribution in [0.5, 0.6) is 0 Å². The number of sulfonamides is 1. The van der Waals surface area contributed by atoms with E-state index in [0.29, 0.717) is 25.1 Å². The van der Waals surface area contributed by atoms with Crippen molar-refractivity contribution in [2.45, 2.75) is 74.1 Å². The molecule has 2 unspecified atom stereocenters. The van der Waals surface area contributed by atoms with Gasteiger partial charge in [0.1, 0.15) is 6.10 Å². The van der Waals surface area contributed by atoms with Crippen LogP contribution in [0.15, 0.2) is 59.5 Å². The van der Waals surface area contributed by atoms with Crippen LogP contribution in [0.3, 0.4) is 0 Å². The number of ether oxygens (including phenoxy) is 3. The Labute approximate surface area is 234 Å². The fourth-order valence-corrected chi connectivity index (χ4v) is 6.81. The summed E-state index contributed by atoms with van der Waals surface area (Å²) in [4.78, 5) is 18.9. The minimum Gasteiger partial charge on any atom is -0.443 e. The molecule has 5 rings (SSSR count). The van der Waals surface area contributed by atoms with Crippen LogP contribution in [0.25, 0.3) is 0 Å². The lowest BCUT2D eigenvalue weighted by Crippen LogP contribution is -2.51. The number of aliphatic hydroxyl groups is 1. The molecule has 11 nitrogen and oxygen atoms in total. The Bertz CT molecular complexity index is 1240. The number of nitrogens with two attached hydrogens (primary N) is 1. The Balaban J connectivity index is 1.34. The maximum Gasteiger partial charge on any atom is 0.407 e. The molecule has 4 N–H and O–H groups in total. The van der Waals surface area contributed by atoms with E-state index in [1.54, 1.807) is 12.1 Å². The lowest BCUT2D eigenvalue weighted by atomic mass is 10.0. The molecular formula is C28H37N3O8S. The fraction of sp³-hybridized carbons (Fsp3) is 0.536. The first-order valence-electron chi connectivity index (χ1n) is 13.8. The first kappa shape index (κ1) is 28.8. The van der Waals surface area contributed by atoms with Crippen molar-refractivity contribution >= 4 is 21.8 Å². The fourth-order valence-electron chi connectivity index (χ4n) is 5.45. The average molecular weight is 576 g/mol. The second kappa shape index (κ2) is 12.8. The number of nitrogen functional groups attached to an aromatic ring is 1. The number of nitrogens with zero attached hydrogens (tertiary/aromatic N) is 1. The van der Waals surface area contributed by atoms with Crippen LogP contribution in [-0.2, 0) is 35.5 Å². The van der Waals surface area contributed by atoms with Gasteiger partial charge in [-0.15, -0.1) is 0 Å². The largest absolute Gasteiger partial charge is 0.443 e. The van der Waals surface area contributed by atoms with E-state index in [9.17, 15) is 18.3 Å². The van der Waals surface area contributed by atoms with Gasteiger partial charge >= 0.3 is 6.09 Å². The van der Waals surface area contributed by atoms with Crippen LogP contribution in [0, 0.1) is 5.92 Å². The van der Waals surface area contributed by atoms with E-state index in [1.807, 2.05) is 30.3 Å². The van der Waals surface area contributed by atoms with Gasteiger partial charge in [0.05, 0.1) is 48.8 Å². The summed E-state index contributed by atoms with van der Waals surface area (Å²) in [5.41, 5.74) is 7.00. The van der Waals surface area contributed by atoms with Crippen molar-refractivity contribution in [3.05, 3.63) is 60.2 Å². The first-order valence-corrected chi connectivity index (χ1v) is 15.2. The molecule has 0 aromatic heterocycles. The number of fused-ring (bicyclic) bond motifs is 1. The van der Waals surface area contributed by atoms with Crippen molar-refractivity contribution in [3.63, 3.8) is 0 Å². The van der Waals surface area contributed by atoms with Gasteiger partial charge in [-0.3, -0.25) is 4.84 Å². The SMILES string of the molecule is Nc1cccc(S(=O)(=O)N(C[C@@H](O)[C@H](Cc2ccccc2)NC(=O)O[C@@H]2COC3OCCC32)OC2CCCC2)c1. The number of hydrogen-bond acceptors (Lipinski definition) is 9. The molecule has 0 radical (unpaired) electrons. The van der Waals surface area contributed by atoms with Gasteiger partial charge in [0, 0.05) is 5.69 Å². The molecule has 2 aliphatic heterocycles. The smallest absolute Gasteiger partial charge is 0.407 e. The van der Waals surface area contributed by atoms with Crippen molar-refractivity contribution < 1.29 is 37.4 Å². The molecule has 40 heavy (non-hydrogen) atoms. The highest BCUT2D eigenvalue weighted by atomic mass is 32.2. The Morgan fingerprint density at radius 3 is 2.62 bits per heavy atom. The van der Waals surface area contributed by atoms with Gasteiger partial charge in [-0.25, -0.2) is 13.2 Å². The molecule has 0 bridgehead atoms. The lowest BCUT2D eigenvalue weighted by Gasteiger charge is -2.31. The normalized spacial score (nSPS) is 24.6. The third-order valence-corrected chi connectivity index (χ3v) is 9.26. The summed E-state index contributed by atoms with van der Waals surface area (Å²) < 4.78 is 44.9. The molecule has 1 aliphatic carbocycles. The molecule has 218 valence electrons. The van der Waals surface area contributed by atoms with E-state index in [0.717, 1.165) is 29.3 Å². The average Bonchev–Trinajstić information content (AvgIpc) is 3.69. The molecule has 1 saturated carbocycles. The second-order valence-corrected chi connectivity index (χ2v) is 12.4. The van der Waals surface area contributed by atoms with Gasteiger partial charge in [-0.2, -0.15) is 0 Å². The monoisotopic (exact) mass is 575 g/mol. The van der Waals surface area contributed by atoms with Crippen molar-refractivity contribution in [1.29, 1.82) is 0 Å². The van der Waals surface area contributed by atoms with Crippen LogP contribution >= 0.6 is 0 Å². The predicted molar refractivity (Wildman–Crippen MR) is 145 cm³/mol. The number of benzene rings is 2. The highest BCUT2D eigenvalue weighted by molar-refractivity contribution is 7.89. The van der Waals surface area contributed by atoms with E-state index in [4.69, 9.17) is 24.8 Å². The summed E-state index contributed by atoms with van der Waals surface area (Å²) >= 11 is 0. The van der Waals surface area contributed by atoms with Crippen LogP contribution < -0.4 is 11.1 Å². The van der Waals surface area contributed by atoms with E-state index in [1.165, 1.54) is 12.1 Å². The number of hydroxylamine groups is 1. The summed E-state index contributed by atoms with van der Waals surface area (Å²) in [5, 5.41) is 14.2. The Morgan fingerprint density at radius 2 is 1.88 bits per heavy atom. The van der Waals surface area contributed by atoms with Crippen molar-refractivity contribution in [1.82, 2.24) is 9.79 Å². The van der Waals surface area contributed by atoms with Crippen molar-refractivity contribution in [3.8, 4) is 0 Å². The molecular weight excluding hydrogens is 538 g/mol. The number of hydrogen-bond donors (Lipinski definition) is 3. The van der Waals surface area contributed by atoms with Gasteiger partial charge in [-0.05, 0) is 49.4 Å². The quantitative estimate of drug-likeness (QED) is 0.271. The number of carbonyl (C=O) groups is 1. The summed E-state index contributed by atoms with van der Waals surface area (Å²) in [6.45, 7) is 0.372. The third-order valence-electron chi connectivity index (χ3n) is 7.64. The zero-order valence-electron chi connectivity index (χ0n) is 22.3. The molecule has 3 fully saturated rings. The highest BCUT2D eigenvalue weighted by Crippen LogP contribution is 2.33. The molecule has 1 amide bonds. The van der Waals surface area contributed by atoms with Crippen LogP contribution in [-0.4, -0.2) is 74.5 Å². The number of aliphatic hydroxyl groups excluding tert-OH is 1. The molecule has 2 saturated heterocycles. The predicted octanol–water partition coefficient (Wildman–Crippen LogP) is 2.59. The van der Waals surface area contributed by atoms with E-state index >= 15 is 0 Å². The zero-order valence-corrected chi connectivity index (χ0v) is 23.1. The zero-order chi connectivity index (χ0) is 28.1. The maximum atomic E-state index is 13.6. The Kier molecular flexibility index (Phi) is 9.24. The van der Waals surface area contributed by atoms with Gasteiger partial charge in [0.25, 0.3) is 10.0 Å². The van der Waals surface area contributed by atoms with Crippen molar-refractivity contribution in [2.75, 3.05) is 25.5 Å². The summed E-state index contributed by atoms with van der Waals surface area (Å²) in [6.07, 6.45) is 1.08. The van der Waals surface area contributed by atoms with E-state index in [-0.39, 0.29) is 36.2 Å². The van der Waals surface area contributed by atoms with E-state index < -0.39 is 40.9 Å². The van der Waals surface area contributed by atoms with Crippen LogP contribution in [0.4, 0.5) is 10.5 Å². The number of alkyl carbamates (subject to hydrolysis) is 1. The number of rotatable bonds is 11. The standard InChI is InChI=1S/C28H37N3O8S/c29-20-9-6-12-22(16-20)40(34,35)31(39-21-10-4-5-11-21)17-25(32)24(15-19-7-2-1-3-8-19)30-28(33)38-26-18-37-27-23(26)13-14-36-27/h1-3,6-9,12,16,21,23-27,32H,4-5,10-11,13-15,17-18,29H2,(H,30,33)/t23?,24-,25+,26+,27?/m0/s1. The van der Waals surface area contributed by atoms with Gasteiger partial charge in [-0.1, -0.05) is 53.7 Å². The third kappa shape index (κ3) is 6.93. The van der Waals surface area contributed by atoms with Gasteiger partial charge in [0.2, 0.25) is 0 Å². The number of nitrogens with one attached hydrogen (secondary N) is 1. The molecule has 0 spiro atoms. The molecule has 2 heterocycles. The number of amides is 1. The lowest BCUT2D eigenvalue weighted by molar-refractivity contribution is -0.145. The highest BCUT2D eigenvalue weighted by Gasteiger charge is 2.44. The van der Waals surface area contributed by atoms with Crippen molar-refractivity contribution in [2.24, 2.45) is 5.92 Å². The Morgan fingerprint density at radius 1 is 1.10 bits per heavy atom. The summed E-state index contributed by atoms with van der Waals surface area (Å²) in [7, 11) is -4.17.